The minimum absolute atomic E-state index is 0.291. The number of esters is 1. The summed E-state index contributed by atoms with van der Waals surface area (Å²) in [4.78, 5) is 11.8. The van der Waals surface area contributed by atoms with E-state index in [1.54, 1.807) is 6.92 Å². The molecule has 1 rings (SSSR count). The monoisotopic (exact) mass is 264 g/mol. The second-order valence-electron chi connectivity index (χ2n) is 4.96. The van der Waals surface area contributed by atoms with E-state index in [0.717, 1.165) is 16.9 Å². The molecule has 0 bridgehead atoms. The number of hydrogen-bond donors (Lipinski definition) is 0. The molecule has 0 heterocycles. The van der Waals surface area contributed by atoms with Crippen molar-refractivity contribution in [3.8, 4) is 5.75 Å². The number of ether oxygens (including phenoxy) is 2. The summed E-state index contributed by atoms with van der Waals surface area (Å²) in [7, 11) is 0. The van der Waals surface area contributed by atoms with Gasteiger partial charge in [0.25, 0.3) is 0 Å². The molecule has 1 aromatic rings. The highest BCUT2D eigenvalue weighted by Gasteiger charge is 2.21. The lowest BCUT2D eigenvalue weighted by atomic mass is 10.0. The first-order valence-electron chi connectivity index (χ1n) is 6.93. The standard InChI is InChI=1S/C16H24O3/c1-6-14(16(17)18-7-2)19-15-10-12(5)8-9-13(15)11(3)4/h8-11,14H,6-7H2,1-5H3. The normalized spacial score (nSPS) is 12.3. The highest BCUT2D eigenvalue weighted by atomic mass is 16.6. The van der Waals surface area contributed by atoms with Crippen LogP contribution < -0.4 is 4.74 Å². The molecule has 0 amide bonds. The van der Waals surface area contributed by atoms with Crippen LogP contribution in [0.5, 0.6) is 5.75 Å². The molecule has 0 N–H and O–H groups in total. The lowest BCUT2D eigenvalue weighted by molar-refractivity contribution is -0.151. The predicted octanol–water partition coefficient (Wildman–Crippen LogP) is 3.84. The quantitative estimate of drug-likeness (QED) is 0.732. The van der Waals surface area contributed by atoms with Crippen molar-refractivity contribution in [1.82, 2.24) is 0 Å². The number of rotatable bonds is 6. The van der Waals surface area contributed by atoms with E-state index in [9.17, 15) is 4.79 Å². The molecule has 0 spiro atoms. The second kappa shape index (κ2) is 7.17. The molecule has 0 aliphatic rings. The Labute approximate surface area is 115 Å². The van der Waals surface area contributed by atoms with Crippen molar-refractivity contribution in [2.45, 2.75) is 53.1 Å². The van der Waals surface area contributed by atoms with Crippen molar-refractivity contribution >= 4 is 5.97 Å². The summed E-state index contributed by atoms with van der Waals surface area (Å²) in [5, 5.41) is 0. The molecule has 0 aromatic heterocycles. The zero-order valence-corrected chi connectivity index (χ0v) is 12.5. The number of carbonyl (C=O) groups excluding carboxylic acids is 1. The van der Waals surface area contributed by atoms with Gasteiger partial charge in [0.2, 0.25) is 0 Å². The second-order valence-corrected chi connectivity index (χ2v) is 4.96. The molecular formula is C16H24O3. The molecule has 0 radical (unpaired) electrons. The Kier molecular flexibility index (Phi) is 5.87. The van der Waals surface area contributed by atoms with Gasteiger partial charge in [-0.15, -0.1) is 0 Å². The Morgan fingerprint density at radius 2 is 1.95 bits per heavy atom. The van der Waals surface area contributed by atoms with Gasteiger partial charge in [0.15, 0.2) is 6.10 Å². The van der Waals surface area contributed by atoms with E-state index in [1.165, 1.54) is 0 Å². The molecule has 1 unspecified atom stereocenters. The van der Waals surface area contributed by atoms with Gasteiger partial charge in [-0.3, -0.25) is 0 Å². The van der Waals surface area contributed by atoms with Gasteiger partial charge in [-0.05, 0) is 43.4 Å². The van der Waals surface area contributed by atoms with Crippen LogP contribution in [0.25, 0.3) is 0 Å². The molecule has 0 fully saturated rings. The molecule has 3 nitrogen and oxygen atoms in total. The highest BCUT2D eigenvalue weighted by Crippen LogP contribution is 2.28. The van der Waals surface area contributed by atoms with Crippen LogP contribution in [0, 0.1) is 6.92 Å². The Bertz CT molecular complexity index is 424. The minimum Gasteiger partial charge on any atom is -0.478 e. The zero-order valence-electron chi connectivity index (χ0n) is 12.5. The van der Waals surface area contributed by atoms with E-state index < -0.39 is 6.10 Å². The average Bonchev–Trinajstić information content (AvgIpc) is 2.35. The largest absolute Gasteiger partial charge is 0.478 e. The average molecular weight is 264 g/mol. The predicted molar refractivity (Wildman–Crippen MR) is 76.6 cm³/mol. The fourth-order valence-electron chi connectivity index (χ4n) is 1.91. The fourth-order valence-corrected chi connectivity index (χ4v) is 1.91. The molecule has 0 saturated carbocycles. The van der Waals surface area contributed by atoms with E-state index in [1.807, 2.05) is 19.9 Å². The lowest BCUT2D eigenvalue weighted by Crippen LogP contribution is -2.29. The maximum Gasteiger partial charge on any atom is 0.347 e. The lowest BCUT2D eigenvalue weighted by Gasteiger charge is -2.20. The number of benzene rings is 1. The summed E-state index contributed by atoms with van der Waals surface area (Å²) in [6, 6.07) is 6.11. The summed E-state index contributed by atoms with van der Waals surface area (Å²) < 4.78 is 10.9. The number of aryl methyl sites for hydroxylation is 1. The van der Waals surface area contributed by atoms with Crippen molar-refractivity contribution in [3.05, 3.63) is 29.3 Å². The third kappa shape index (κ3) is 4.27. The summed E-state index contributed by atoms with van der Waals surface area (Å²) in [5.74, 6) is 0.853. The summed E-state index contributed by atoms with van der Waals surface area (Å²) in [5.41, 5.74) is 2.24. The summed E-state index contributed by atoms with van der Waals surface area (Å²) in [6.07, 6.45) is 0.0730. The van der Waals surface area contributed by atoms with Gasteiger partial charge in [0, 0.05) is 0 Å². The van der Waals surface area contributed by atoms with Crippen molar-refractivity contribution in [2.75, 3.05) is 6.61 Å². The molecule has 1 aromatic carbocycles. The molecule has 0 saturated heterocycles. The summed E-state index contributed by atoms with van der Waals surface area (Å²) in [6.45, 7) is 10.3. The highest BCUT2D eigenvalue weighted by molar-refractivity contribution is 5.75. The topological polar surface area (TPSA) is 35.5 Å². The smallest absolute Gasteiger partial charge is 0.347 e. The van der Waals surface area contributed by atoms with Gasteiger partial charge in [-0.2, -0.15) is 0 Å². The molecule has 0 aliphatic carbocycles. The molecule has 19 heavy (non-hydrogen) atoms. The van der Waals surface area contributed by atoms with E-state index in [2.05, 4.69) is 26.0 Å². The van der Waals surface area contributed by atoms with Crippen molar-refractivity contribution < 1.29 is 14.3 Å². The first-order chi connectivity index (χ1) is 8.99. The third-order valence-electron chi connectivity index (χ3n) is 2.98. The number of carbonyl (C=O) groups is 1. The first-order valence-corrected chi connectivity index (χ1v) is 6.93. The maximum absolute atomic E-state index is 11.8. The van der Waals surface area contributed by atoms with Crippen molar-refractivity contribution in [3.63, 3.8) is 0 Å². The van der Waals surface area contributed by atoms with Gasteiger partial charge >= 0.3 is 5.97 Å². The Hall–Kier alpha value is -1.51. The molecule has 106 valence electrons. The van der Waals surface area contributed by atoms with Crippen LogP contribution in [0.15, 0.2) is 18.2 Å². The van der Waals surface area contributed by atoms with E-state index >= 15 is 0 Å². The van der Waals surface area contributed by atoms with E-state index in [0.29, 0.717) is 18.9 Å². The van der Waals surface area contributed by atoms with Crippen molar-refractivity contribution in [2.24, 2.45) is 0 Å². The Morgan fingerprint density at radius 1 is 1.26 bits per heavy atom. The van der Waals surface area contributed by atoms with Crippen LogP contribution in [0.3, 0.4) is 0 Å². The van der Waals surface area contributed by atoms with Gasteiger partial charge in [-0.1, -0.05) is 32.9 Å². The van der Waals surface area contributed by atoms with Crippen LogP contribution in [0.1, 0.15) is 51.2 Å². The van der Waals surface area contributed by atoms with Gasteiger partial charge in [0.1, 0.15) is 5.75 Å². The van der Waals surface area contributed by atoms with E-state index in [-0.39, 0.29) is 5.97 Å². The van der Waals surface area contributed by atoms with E-state index in [4.69, 9.17) is 9.47 Å². The molecular weight excluding hydrogens is 240 g/mol. The number of hydrogen-bond acceptors (Lipinski definition) is 3. The van der Waals surface area contributed by atoms with Crippen LogP contribution in [-0.2, 0) is 9.53 Å². The third-order valence-corrected chi connectivity index (χ3v) is 2.98. The summed E-state index contributed by atoms with van der Waals surface area (Å²) >= 11 is 0. The van der Waals surface area contributed by atoms with Crippen LogP contribution in [0.4, 0.5) is 0 Å². The molecule has 3 heteroatoms. The van der Waals surface area contributed by atoms with Crippen LogP contribution in [0.2, 0.25) is 0 Å². The Morgan fingerprint density at radius 3 is 2.47 bits per heavy atom. The van der Waals surface area contributed by atoms with Gasteiger partial charge in [0.05, 0.1) is 6.61 Å². The SMILES string of the molecule is CCOC(=O)C(CC)Oc1cc(C)ccc1C(C)C. The maximum atomic E-state index is 11.8. The fraction of sp³-hybridized carbons (Fsp3) is 0.562. The van der Waals surface area contributed by atoms with Crippen LogP contribution >= 0.6 is 0 Å². The zero-order chi connectivity index (χ0) is 14.4. The first kappa shape index (κ1) is 15.5. The minimum atomic E-state index is -0.528. The molecule has 1 atom stereocenters. The Balaban J connectivity index is 2.95. The van der Waals surface area contributed by atoms with Crippen LogP contribution in [-0.4, -0.2) is 18.7 Å². The van der Waals surface area contributed by atoms with Gasteiger partial charge in [-0.25, -0.2) is 4.79 Å². The van der Waals surface area contributed by atoms with Gasteiger partial charge < -0.3 is 9.47 Å². The van der Waals surface area contributed by atoms with Crippen molar-refractivity contribution in [1.29, 1.82) is 0 Å². The molecule has 0 aliphatic heterocycles.